The molecular formula is C13H19Cl3N2O5. The summed E-state index contributed by atoms with van der Waals surface area (Å²) >= 11 is 17.4. The molecule has 0 unspecified atom stereocenters. The lowest BCUT2D eigenvalue weighted by molar-refractivity contribution is -0.0627. The highest BCUT2D eigenvalue weighted by molar-refractivity contribution is 6.67. The molecule has 132 valence electrons. The first-order valence-corrected chi connectivity index (χ1v) is 7.87. The Balaban J connectivity index is 2.79. The first-order chi connectivity index (χ1) is 10.3. The summed E-state index contributed by atoms with van der Waals surface area (Å²) in [6, 6.07) is 0. The summed E-state index contributed by atoms with van der Waals surface area (Å²) in [6.45, 7) is 5.09. The van der Waals surface area contributed by atoms with E-state index in [9.17, 15) is 9.59 Å². The van der Waals surface area contributed by atoms with Crippen LogP contribution in [-0.4, -0.2) is 38.3 Å². The second kappa shape index (κ2) is 7.34. The third-order valence-corrected chi connectivity index (χ3v) is 3.26. The van der Waals surface area contributed by atoms with E-state index in [4.69, 9.17) is 49.5 Å². The van der Waals surface area contributed by atoms with Gasteiger partial charge < -0.3 is 15.2 Å². The van der Waals surface area contributed by atoms with Gasteiger partial charge in [0.1, 0.15) is 11.7 Å². The first-order valence-electron chi connectivity index (χ1n) is 6.73. The van der Waals surface area contributed by atoms with Crippen LogP contribution in [0.2, 0.25) is 0 Å². The molecule has 10 heteroatoms. The van der Waals surface area contributed by atoms with E-state index in [2.05, 4.69) is 10.8 Å². The second-order valence-corrected chi connectivity index (χ2v) is 8.63. The standard InChI is InChI=1S/C13H19Cl3N2O5/c1-11(2,3)22-10(21)18-23-8-5-4-6-12(8,17-9(19)20)7-13(14,15)16/h4,6,8,17H,5,7H2,1-3H3,(H,18,21)(H,19,20)/t8-,12-/m0/s1. The summed E-state index contributed by atoms with van der Waals surface area (Å²) in [4.78, 5) is 28.0. The van der Waals surface area contributed by atoms with E-state index in [0.29, 0.717) is 6.42 Å². The minimum atomic E-state index is -1.72. The molecule has 1 aliphatic carbocycles. The molecule has 2 atom stereocenters. The monoisotopic (exact) mass is 388 g/mol. The number of carbonyl (C=O) groups is 2. The molecule has 0 aromatic rings. The number of alkyl halides is 3. The number of hydrogen-bond donors (Lipinski definition) is 3. The van der Waals surface area contributed by atoms with Crippen molar-refractivity contribution in [3.8, 4) is 0 Å². The van der Waals surface area contributed by atoms with Gasteiger partial charge in [-0.1, -0.05) is 47.0 Å². The van der Waals surface area contributed by atoms with Gasteiger partial charge >= 0.3 is 12.2 Å². The van der Waals surface area contributed by atoms with Crippen LogP contribution < -0.4 is 10.8 Å². The lowest BCUT2D eigenvalue weighted by atomic mass is 9.92. The predicted octanol–water partition coefficient (Wildman–Crippen LogP) is 3.54. The van der Waals surface area contributed by atoms with Gasteiger partial charge in [0.25, 0.3) is 0 Å². The summed E-state index contributed by atoms with van der Waals surface area (Å²) in [6.07, 6.45) is 0.462. The largest absolute Gasteiger partial charge is 0.465 e. The van der Waals surface area contributed by atoms with Gasteiger partial charge in [0.2, 0.25) is 0 Å². The van der Waals surface area contributed by atoms with Gasteiger partial charge in [0.15, 0.2) is 3.79 Å². The van der Waals surface area contributed by atoms with Gasteiger partial charge in [-0.25, -0.2) is 9.59 Å². The maximum absolute atomic E-state index is 11.6. The summed E-state index contributed by atoms with van der Waals surface area (Å²) < 4.78 is 3.32. The zero-order valence-corrected chi connectivity index (χ0v) is 15.1. The number of carboxylic acid groups (broad SMARTS) is 1. The molecule has 0 fully saturated rings. The van der Waals surface area contributed by atoms with E-state index in [-0.39, 0.29) is 6.42 Å². The Kier molecular flexibility index (Phi) is 6.43. The van der Waals surface area contributed by atoms with Crippen LogP contribution in [0.25, 0.3) is 0 Å². The minimum Gasteiger partial charge on any atom is -0.465 e. The van der Waals surface area contributed by atoms with Gasteiger partial charge in [-0.15, -0.1) is 0 Å². The Labute approximate surface area is 149 Å². The fourth-order valence-electron chi connectivity index (χ4n) is 2.16. The second-order valence-electron chi connectivity index (χ2n) is 6.11. The molecule has 3 N–H and O–H groups in total. The van der Waals surface area contributed by atoms with E-state index in [1.807, 2.05) is 0 Å². The van der Waals surface area contributed by atoms with Crippen molar-refractivity contribution in [2.75, 3.05) is 0 Å². The summed E-state index contributed by atoms with van der Waals surface area (Å²) in [5, 5.41) is 11.3. The summed E-state index contributed by atoms with van der Waals surface area (Å²) in [5.74, 6) is 0. The van der Waals surface area contributed by atoms with Crippen LogP contribution in [0.4, 0.5) is 9.59 Å². The fourth-order valence-corrected chi connectivity index (χ4v) is 2.82. The molecule has 1 rings (SSSR count). The Morgan fingerprint density at radius 1 is 1.35 bits per heavy atom. The normalized spacial score (nSPS) is 24.3. The molecule has 0 saturated carbocycles. The van der Waals surface area contributed by atoms with Crippen molar-refractivity contribution in [1.29, 1.82) is 0 Å². The van der Waals surface area contributed by atoms with Crippen molar-refractivity contribution in [1.82, 2.24) is 10.8 Å². The van der Waals surface area contributed by atoms with Crippen LogP contribution in [0, 0.1) is 0 Å². The van der Waals surface area contributed by atoms with Gasteiger partial charge in [-0.3, -0.25) is 4.84 Å². The highest BCUT2D eigenvalue weighted by Crippen LogP contribution is 2.40. The minimum absolute atomic E-state index is 0.172. The maximum atomic E-state index is 11.6. The zero-order chi connectivity index (χ0) is 17.9. The lowest BCUT2D eigenvalue weighted by Crippen LogP contribution is -2.57. The van der Waals surface area contributed by atoms with E-state index in [1.165, 1.54) is 0 Å². The molecule has 7 nitrogen and oxygen atoms in total. The van der Waals surface area contributed by atoms with Crippen LogP contribution in [0.1, 0.15) is 33.6 Å². The molecule has 2 amide bonds. The summed E-state index contributed by atoms with van der Waals surface area (Å²) in [7, 11) is 0. The molecule has 0 aromatic carbocycles. The predicted molar refractivity (Wildman–Crippen MR) is 86.8 cm³/mol. The topological polar surface area (TPSA) is 96.9 Å². The fraction of sp³-hybridized carbons (Fsp3) is 0.692. The highest BCUT2D eigenvalue weighted by atomic mass is 35.6. The number of ether oxygens (including phenoxy) is 1. The third-order valence-electron chi connectivity index (χ3n) is 2.86. The summed E-state index contributed by atoms with van der Waals surface area (Å²) in [5.41, 5.74) is 0.147. The SMILES string of the molecule is CC(C)(C)OC(=O)NO[C@H]1CC=C[C@@]1(CC(Cl)(Cl)Cl)NC(=O)O. The number of carbonyl (C=O) groups excluding carboxylic acids is 1. The van der Waals surface area contributed by atoms with E-state index in [0.717, 1.165) is 0 Å². The van der Waals surface area contributed by atoms with Crippen LogP contribution >= 0.6 is 34.8 Å². The molecule has 0 spiro atoms. The molecule has 0 aliphatic heterocycles. The van der Waals surface area contributed by atoms with Crippen molar-refractivity contribution in [2.45, 2.75) is 54.6 Å². The highest BCUT2D eigenvalue weighted by Gasteiger charge is 2.47. The van der Waals surface area contributed by atoms with Crippen LogP contribution in [0.5, 0.6) is 0 Å². The molecule has 0 aromatic heterocycles. The van der Waals surface area contributed by atoms with E-state index >= 15 is 0 Å². The average Bonchev–Trinajstić information content (AvgIpc) is 2.62. The molecule has 0 radical (unpaired) electrons. The number of amides is 2. The Bertz CT molecular complexity index is 487. The van der Waals surface area contributed by atoms with Gasteiger partial charge in [0.05, 0.1) is 5.54 Å². The van der Waals surface area contributed by atoms with Crippen molar-refractivity contribution in [3.05, 3.63) is 12.2 Å². The van der Waals surface area contributed by atoms with Crippen molar-refractivity contribution >= 4 is 47.0 Å². The van der Waals surface area contributed by atoms with Crippen LogP contribution in [0.15, 0.2) is 12.2 Å². The van der Waals surface area contributed by atoms with Gasteiger partial charge in [-0.05, 0) is 27.2 Å². The molecule has 23 heavy (non-hydrogen) atoms. The third kappa shape index (κ3) is 7.03. The first kappa shape index (κ1) is 20.2. The Morgan fingerprint density at radius 3 is 2.43 bits per heavy atom. The number of hydroxylamine groups is 1. The molecule has 0 heterocycles. The average molecular weight is 390 g/mol. The smallest absolute Gasteiger partial charge is 0.431 e. The van der Waals surface area contributed by atoms with Gasteiger partial charge in [0, 0.05) is 6.42 Å². The van der Waals surface area contributed by atoms with Crippen LogP contribution in [0.3, 0.4) is 0 Å². The molecule has 0 saturated heterocycles. The quantitative estimate of drug-likeness (QED) is 0.388. The van der Waals surface area contributed by atoms with Crippen molar-refractivity contribution < 1.29 is 24.3 Å². The Hall–Kier alpha value is -0.890. The number of rotatable bonds is 4. The molecule has 0 bridgehead atoms. The molecular weight excluding hydrogens is 371 g/mol. The van der Waals surface area contributed by atoms with E-state index < -0.39 is 33.2 Å². The number of nitrogens with one attached hydrogen (secondary N) is 2. The maximum Gasteiger partial charge on any atom is 0.431 e. The lowest BCUT2D eigenvalue weighted by Gasteiger charge is -2.36. The van der Waals surface area contributed by atoms with Crippen molar-refractivity contribution in [2.24, 2.45) is 0 Å². The number of hydrogen-bond acceptors (Lipinski definition) is 4. The van der Waals surface area contributed by atoms with Crippen molar-refractivity contribution in [3.63, 3.8) is 0 Å². The molecule has 1 aliphatic rings. The zero-order valence-electron chi connectivity index (χ0n) is 12.9. The Morgan fingerprint density at radius 2 is 1.96 bits per heavy atom. The van der Waals surface area contributed by atoms with E-state index in [1.54, 1.807) is 32.9 Å². The van der Waals surface area contributed by atoms with Crippen LogP contribution in [-0.2, 0) is 9.57 Å². The van der Waals surface area contributed by atoms with Gasteiger partial charge in [-0.2, -0.15) is 5.48 Å². The number of halogens is 3.